The van der Waals surface area contributed by atoms with Gasteiger partial charge in [0.2, 0.25) is 0 Å². The smallest absolute Gasteiger partial charge is 0.253 e. The molecule has 0 radical (unpaired) electrons. The van der Waals surface area contributed by atoms with Crippen LogP contribution in [0.5, 0.6) is 0 Å². The van der Waals surface area contributed by atoms with Crippen LogP contribution in [0.4, 0.5) is 0 Å². The van der Waals surface area contributed by atoms with Crippen LogP contribution in [0, 0.1) is 0 Å². The maximum absolute atomic E-state index is 11.8. The summed E-state index contributed by atoms with van der Waals surface area (Å²) in [4.78, 5) is 15.7. The highest BCUT2D eigenvalue weighted by Gasteiger charge is 2.21. The number of nitrogens with zero attached hydrogens (tertiary/aromatic N) is 1. The fourth-order valence-corrected chi connectivity index (χ4v) is 2.21. The van der Waals surface area contributed by atoms with Gasteiger partial charge in [0.1, 0.15) is 0 Å². The summed E-state index contributed by atoms with van der Waals surface area (Å²) >= 11 is 6.01. The van der Waals surface area contributed by atoms with Gasteiger partial charge < -0.3 is 5.32 Å². The predicted molar refractivity (Wildman–Crippen MR) is 63.6 cm³/mol. The van der Waals surface area contributed by atoms with Crippen molar-refractivity contribution in [3.05, 3.63) is 30.1 Å². The van der Waals surface area contributed by atoms with Crippen LogP contribution in [0.25, 0.3) is 0 Å². The van der Waals surface area contributed by atoms with Gasteiger partial charge in [-0.2, -0.15) is 0 Å². The summed E-state index contributed by atoms with van der Waals surface area (Å²) in [5.41, 5.74) is 0.621. The molecule has 1 amide bonds. The molecule has 1 heterocycles. The summed E-state index contributed by atoms with van der Waals surface area (Å²) in [5, 5.41) is 3.30. The van der Waals surface area contributed by atoms with Crippen LogP contribution < -0.4 is 5.32 Å². The summed E-state index contributed by atoms with van der Waals surface area (Å²) in [6.07, 6.45) is 7.16. The van der Waals surface area contributed by atoms with E-state index in [9.17, 15) is 4.79 Å². The summed E-state index contributed by atoms with van der Waals surface area (Å²) in [6.45, 7) is 0. The number of carbonyl (C=O) groups is 1. The lowest BCUT2D eigenvalue weighted by Crippen LogP contribution is -2.37. The zero-order valence-electron chi connectivity index (χ0n) is 9.03. The van der Waals surface area contributed by atoms with E-state index in [1.807, 2.05) is 0 Å². The minimum absolute atomic E-state index is 0.0360. The Hall–Kier alpha value is -1.09. The van der Waals surface area contributed by atoms with Crippen LogP contribution >= 0.6 is 11.6 Å². The van der Waals surface area contributed by atoms with Crippen molar-refractivity contribution in [2.45, 2.75) is 37.1 Å². The number of rotatable bonds is 2. The molecule has 0 aromatic carbocycles. The van der Waals surface area contributed by atoms with Crippen molar-refractivity contribution >= 4 is 17.5 Å². The zero-order valence-corrected chi connectivity index (χ0v) is 9.78. The second kappa shape index (κ2) is 5.30. The molecule has 16 heavy (non-hydrogen) atoms. The summed E-state index contributed by atoms with van der Waals surface area (Å²) in [5.74, 6) is -0.0360. The van der Waals surface area contributed by atoms with E-state index in [-0.39, 0.29) is 17.3 Å². The van der Waals surface area contributed by atoms with Crippen molar-refractivity contribution in [2.24, 2.45) is 0 Å². The number of aromatic nitrogens is 1. The first-order valence-corrected chi connectivity index (χ1v) is 6.04. The Morgan fingerprint density at radius 2 is 2.12 bits per heavy atom. The van der Waals surface area contributed by atoms with E-state index in [1.54, 1.807) is 24.5 Å². The number of nitrogens with one attached hydrogen (secondary N) is 1. The zero-order chi connectivity index (χ0) is 11.4. The lowest BCUT2D eigenvalue weighted by atomic mass is 9.95. The molecular weight excluding hydrogens is 224 g/mol. The quantitative estimate of drug-likeness (QED) is 0.804. The molecular formula is C12H15ClN2O. The van der Waals surface area contributed by atoms with Gasteiger partial charge in [0.25, 0.3) is 5.91 Å². The Kier molecular flexibility index (Phi) is 3.78. The molecule has 1 fully saturated rings. The van der Waals surface area contributed by atoms with Crippen molar-refractivity contribution in [1.29, 1.82) is 0 Å². The Morgan fingerprint density at radius 3 is 2.75 bits per heavy atom. The van der Waals surface area contributed by atoms with Crippen molar-refractivity contribution in [1.82, 2.24) is 10.3 Å². The van der Waals surface area contributed by atoms with Crippen LogP contribution in [-0.2, 0) is 0 Å². The Morgan fingerprint density at radius 1 is 1.38 bits per heavy atom. The number of hydrogen-bond acceptors (Lipinski definition) is 2. The summed E-state index contributed by atoms with van der Waals surface area (Å²) in [7, 11) is 0. The van der Waals surface area contributed by atoms with E-state index in [1.165, 1.54) is 0 Å². The summed E-state index contributed by atoms with van der Waals surface area (Å²) < 4.78 is 0. The molecule has 0 aliphatic heterocycles. The molecule has 1 saturated carbocycles. The van der Waals surface area contributed by atoms with Crippen molar-refractivity contribution in [2.75, 3.05) is 0 Å². The standard InChI is InChI=1S/C12H15ClN2O/c13-10-3-5-11(6-4-10)15-12(16)9-2-1-7-14-8-9/h1-2,7-8,10-11H,3-6H2,(H,15,16). The number of halogens is 1. The van der Waals surface area contributed by atoms with E-state index in [0.29, 0.717) is 5.56 Å². The number of hydrogen-bond donors (Lipinski definition) is 1. The van der Waals surface area contributed by atoms with Crippen LogP contribution in [0.15, 0.2) is 24.5 Å². The third-order valence-electron chi connectivity index (χ3n) is 2.92. The SMILES string of the molecule is O=C(NC1CCC(Cl)CC1)c1cccnc1. The van der Waals surface area contributed by atoms with Gasteiger partial charge in [-0.1, -0.05) is 0 Å². The minimum Gasteiger partial charge on any atom is -0.349 e. The van der Waals surface area contributed by atoms with E-state index < -0.39 is 0 Å². The average molecular weight is 239 g/mol. The highest BCUT2D eigenvalue weighted by molar-refractivity contribution is 6.20. The number of pyridine rings is 1. The predicted octanol–water partition coefficient (Wildman–Crippen LogP) is 2.36. The molecule has 1 aromatic rings. The molecule has 0 saturated heterocycles. The van der Waals surface area contributed by atoms with Crippen LogP contribution in [0.1, 0.15) is 36.0 Å². The lowest BCUT2D eigenvalue weighted by Gasteiger charge is -2.25. The Balaban J connectivity index is 1.88. The van der Waals surface area contributed by atoms with E-state index >= 15 is 0 Å². The molecule has 1 aromatic heterocycles. The highest BCUT2D eigenvalue weighted by Crippen LogP contribution is 2.22. The van der Waals surface area contributed by atoms with Crippen LogP contribution in [0.3, 0.4) is 0 Å². The fraction of sp³-hybridized carbons (Fsp3) is 0.500. The van der Waals surface area contributed by atoms with Crippen molar-refractivity contribution < 1.29 is 4.79 Å². The second-order valence-corrected chi connectivity index (χ2v) is 4.78. The first-order chi connectivity index (χ1) is 7.75. The average Bonchev–Trinajstić information content (AvgIpc) is 2.33. The first-order valence-electron chi connectivity index (χ1n) is 5.60. The van der Waals surface area contributed by atoms with Gasteiger partial charge in [-0.3, -0.25) is 9.78 Å². The molecule has 0 spiro atoms. The van der Waals surface area contributed by atoms with Gasteiger partial charge in [-0.25, -0.2) is 0 Å². The van der Waals surface area contributed by atoms with Gasteiger partial charge in [-0.15, -0.1) is 11.6 Å². The van der Waals surface area contributed by atoms with Crippen molar-refractivity contribution in [3.8, 4) is 0 Å². The second-order valence-electron chi connectivity index (χ2n) is 4.16. The lowest BCUT2D eigenvalue weighted by molar-refractivity contribution is 0.0927. The normalized spacial score (nSPS) is 25.1. The van der Waals surface area contributed by atoms with Gasteiger partial charge in [-0.05, 0) is 37.8 Å². The Labute approximate surface area is 100 Å². The Bertz CT molecular complexity index is 347. The monoisotopic (exact) mass is 238 g/mol. The molecule has 4 heteroatoms. The largest absolute Gasteiger partial charge is 0.349 e. The molecule has 1 aliphatic rings. The van der Waals surface area contributed by atoms with E-state index in [2.05, 4.69) is 10.3 Å². The number of amides is 1. The van der Waals surface area contributed by atoms with Gasteiger partial charge in [0.15, 0.2) is 0 Å². The number of carbonyl (C=O) groups excluding carboxylic acids is 1. The first kappa shape index (κ1) is 11.4. The van der Waals surface area contributed by atoms with E-state index in [4.69, 9.17) is 11.6 Å². The minimum atomic E-state index is -0.0360. The molecule has 2 rings (SSSR count). The summed E-state index contributed by atoms with van der Waals surface area (Å²) in [6, 6.07) is 3.81. The molecule has 0 unspecified atom stereocenters. The molecule has 1 N–H and O–H groups in total. The molecule has 3 nitrogen and oxygen atoms in total. The highest BCUT2D eigenvalue weighted by atomic mass is 35.5. The molecule has 0 atom stereocenters. The molecule has 86 valence electrons. The molecule has 0 bridgehead atoms. The van der Waals surface area contributed by atoms with Gasteiger partial charge in [0, 0.05) is 23.8 Å². The van der Waals surface area contributed by atoms with Gasteiger partial charge in [0.05, 0.1) is 5.56 Å². The fourth-order valence-electron chi connectivity index (χ4n) is 1.96. The third-order valence-corrected chi connectivity index (χ3v) is 3.35. The maximum Gasteiger partial charge on any atom is 0.253 e. The van der Waals surface area contributed by atoms with Crippen molar-refractivity contribution in [3.63, 3.8) is 0 Å². The topological polar surface area (TPSA) is 42.0 Å². The van der Waals surface area contributed by atoms with Crippen LogP contribution in [-0.4, -0.2) is 22.3 Å². The maximum atomic E-state index is 11.8. The van der Waals surface area contributed by atoms with Crippen LogP contribution in [0.2, 0.25) is 0 Å². The van der Waals surface area contributed by atoms with E-state index in [0.717, 1.165) is 25.7 Å². The molecule has 1 aliphatic carbocycles. The van der Waals surface area contributed by atoms with Gasteiger partial charge >= 0.3 is 0 Å². The third kappa shape index (κ3) is 2.95. The number of alkyl halides is 1.